The van der Waals surface area contributed by atoms with Gasteiger partial charge in [0.1, 0.15) is 5.82 Å². The van der Waals surface area contributed by atoms with Crippen molar-refractivity contribution >= 4 is 23.6 Å². The fourth-order valence-corrected chi connectivity index (χ4v) is 7.17. The van der Waals surface area contributed by atoms with Crippen LogP contribution in [0.1, 0.15) is 87.6 Å². The van der Waals surface area contributed by atoms with Gasteiger partial charge in [0.25, 0.3) is 11.8 Å². The predicted octanol–water partition coefficient (Wildman–Crippen LogP) is 7.49. The van der Waals surface area contributed by atoms with Gasteiger partial charge >= 0.3 is 18.5 Å². The Labute approximate surface area is 316 Å². The van der Waals surface area contributed by atoms with Crippen LogP contribution in [0.4, 0.5) is 45.3 Å². The van der Waals surface area contributed by atoms with Crippen molar-refractivity contribution in [3.63, 3.8) is 0 Å². The van der Waals surface area contributed by atoms with Crippen molar-refractivity contribution in [2.75, 3.05) is 31.6 Å². The lowest BCUT2D eigenvalue weighted by atomic mass is 9.80. The molecule has 2 heterocycles. The Morgan fingerprint density at radius 1 is 0.821 bits per heavy atom. The summed E-state index contributed by atoms with van der Waals surface area (Å²) < 4.78 is 124. The number of carbonyl (C=O) groups excluding carboxylic acids is 2. The zero-order chi connectivity index (χ0) is 41.2. The number of alkyl halides is 9. The van der Waals surface area contributed by atoms with Crippen molar-refractivity contribution < 1.29 is 49.1 Å². The van der Waals surface area contributed by atoms with E-state index in [2.05, 4.69) is 10.1 Å². The fraction of sp³-hybridized carbons (Fsp3) is 0.459. The first-order chi connectivity index (χ1) is 26.1. The van der Waals surface area contributed by atoms with Crippen LogP contribution in [-0.4, -0.2) is 64.4 Å². The summed E-state index contributed by atoms with van der Waals surface area (Å²) in [6.07, 6.45) is -10.8. The highest BCUT2D eigenvalue weighted by atomic mass is 19.4. The number of hydrogen-bond donors (Lipinski definition) is 2. The molecule has 10 nitrogen and oxygen atoms in total. The zero-order valence-electron chi connectivity index (χ0n) is 30.5. The first-order valence-corrected chi connectivity index (χ1v) is 17.8. The van der Waals surface area contributed by atoms with Gasteiger partial charge in [-0.2, -0.15) is 39.5 Å². The number of hydrazone groups is 1. The number of pyridine rings is 1. The number of fused-ring (bicyclic) bond motifs is 1. The number of amides is 2. The maximum atomic E-state index is 14.0. The summed E-state index contributed by atoms with van der Waals surface area (Å²) in [5.41, 5.74) is 2.06. The molecular formula is C37H41F9N8O2. The van der Waals surface area contributed by atoms with E-state index in [4.69, 9.17) is 11.6 Å². The fourth-order valence-electron chi connectivity index (χ4n) is 7.17. The van der Waals surface area contributed by atoms with Gasteiger partial charge in [0, 0.05) is 51.5 Å². The number of hydrazine groups is 1. The third-order valence-electron chi connectivity index (χ3n) is 10.0. The molecule has 1 fully saturated rings. The highest BCUT2D eigenvalue weighted by Gasteiger charge is 2.38. The first-order valence-electron chi connectivity index (χ1n) is 17.8. The standard InChI is InChI=1S/C37H41F9N8O2/c1-3-52(19-23-10-8-22(9-11-23)12-13-54-32(55)29-6-4-5-7-30(29)33(54)56)31-25(16-28(18-49-31)37(44,45)46)21-53(34(47)50-51(2)48)20-24-14-26(35(38,39)40)17-27(15-24)36(41,42)43/h4-7,14-18,22-23H,3,8-13,19-21,48H2,1-2H3,(H2,47,50). The summed E-state index contributed by atoms with van der Waals surface area (Å²) in [6, 6.07) is 8.45. The van der Waals surface area contributed by atoms with Crippen LogP contribution < -0.4 is 16.5 Å². The Morgan fingerprint density at radius 2 is 1.36 bits per heavy atom. The highest BCUT2D eigenvalue weighted by molar-refractivity contribution is 6.21. The number of carbonyl (C=O) groups is 2. The van der Waals surface area contributed by atoms with Crippen LogP contribution in [0.5, 0.6) is 0 Å². The SMILES string of the molecule is CCN(CC1CCC(CCN2C(=O)c3ccccc3C2=O)CC1)c1ncc(C(F)(F)F)cc1CN(Cc1cc(C(F)(F)F)cc(C(F)(F)F)c1)/C(N)=N/N(C)N. The summed E-state index contributed by atoms with van der Waals surface area (Å²) in [7, 11) is 1.24. The number of nitrogens with zero attached hydrogens (tertiary/aromatic N) is 6. The van der Waals surface area contributed by atoms with E-state index in [-0.39, 0.29) is 47.6 Å². The normalized spacial score (nSPS) is 18.0. The Morgan fingerprint density at radius 3 is 1.86 bits per heavy atom. The lowest BCUT2D eigenvalue weighted by Crippen LogP contribution is -2.40. The molecule has 1 saturated carbocycles. The third-order valence-corrected chi connectivity index (χ3v) is 10.0. The number of anilines is 1. The van der Waals surface area contributed by atoms with Gasteiger partial charge in [-0.05, 0) is 80.0 Å². The summed E-state index contributed by atoms with van der Waals surface area (Å²) in [5, 5.41) is 4.56. The summed E-state index contributed by atoms with van der Waals surface area (Å²) in [4.78, 5) is 33.8. The van der Waals surface area contributed by atoms with E-state index in [1.165, 1.54) is 11.9 Å². The topological polar surface area (TPSA) is 124 Å². The molecule has 0 radical (unpaired) electrons. The van der Waals surface area contributed by atoms with Crippen molar-refractivity contribution in [3.05, 3.63) is 93.7 Å². The van der Waals surface area contributed by atoms with Crippen LogP contribution in [-0.2, 0) is 31.6 Å². The van der Waals surface area contributed by atoms with E-state index in [9.17, 15) is 49.1 Å². The number of halogens is 9. The molecule has 304 valence electrons. The van der Waals surface area contributed by atoms with E-state index in [0.717, 1.165) is 41.8 Å². The molecule has 0 atom stereocenters. The molecule has 3 aromatic rings. The van der Waals surface area contributed by atoms with E-state index in [1.807, 2.05) is 0 Å². The van der Waals surface area contributed by atoms with E-state index < -0.39 is 59.8 Å². The molecule has 1 aliphatic carbocycles. The lowest BCUT2D eigenvalue weighted by molar-refractivity contribution is -0.143. The summed E-state index contributed by atoms with van der Waals surface area (Å²) in [5.74, 6) is 4.90. The number of nitrogens with two attached hydrogens (primary N) is 2. The molecule has 56 heavy (non-hydrogen) atoms. The Hall–Kier alpha value is -5.07. The maximum absolute atomic E-state index is 14.0. The van der Waals surface area contributed by atoms with Crippen LogP contribution in [0.25, 0.3) is 0 Å². The highest BCUT2D eigenvalue weighted by Crippen LogP contribution is 2.38. The molecule has 5 rings (SSSR count). The second-order valence-electron chi connectivity index (χ2n) is 14.0. The minimum atomic E-state index is -5.14. The van der Waals surface area contributed by atoms with Crippen molar-refractivity contribution in [1.82, 2.24) is 19.9 Å². The van der Waals surface area contributed by atoms with Gasteiger partial charge in [0.05, 0.1) is 27.8 Å². The molecule has 19 heteroatoms. The van der Waals surface area contributed by atoms with Crippen LogP contribution in [0, 0.1) is 11.8 Å². The maximum Gasteiger partial charge on any atom is 0.417 e. The lowest BCUT2D eigenvalue weighted by Gasteiger charge is -2.35. The molecule has 0 saturated heterocycles. The number of hydrogen-bond acceptors (Lipinski definition) is 7. The quantitative estimate of drug-likeness (QED) is 0.0483. The van der Waals surface area contributed by atoms with Gasteiger partial charge in [-0.3, -0.25) is 14.5 Å². The molecule has 2 amide bonds. The van der Waals surface area contributed by atoms with Gasteiger partial charge < -0.3 is 15.5 Å². The summed E-state index contributed by atoms with van der Waals surface area (Å²) >= 11 is 0. The molecular weight excluding hydrogens is 759 g/mol. The number of rotatable bonds is 12. The third kappa shape index (κ3) is 10.0. The second kappa shape index (κ2) is 16.6. The van der Waals surface area contributed by atoms with Crippen LogP contribution >= 0.6 is 0 Å². The van der Waals surface area contributed by atoms with Crippen molar-refractivity contribution in [2.24, 2.45) is 28.5 Å². The number of guanidine groups is 1. The zero-order valence-corrected chi connectivity index (χ0v) is 30.5. The van der Waals surface area contributed by atoms with Gasteiger partial charge in [0.2, 0.25) is 5.96 Å². The smallest absolute Gasteiger partial charge is 0.368 e. The van der Waals surface area contributed by atoms with Gasteiger partial charge in [-0.25, -0.2) is 15.9 Å². The molecule has 0 unspecified atom stereocenters. The van der Waals surface area contributed by atoms with E-state index >= 15 is 0 Å². The van der Waals surface area contributed by atoms with Crippen LogP contribution in [0.3, 0.4) is 0 Å². The molecule has 0 spiro atoms. The number of aromatic nitrogens is 1. The van der Waals surface area contributed by atoms with Gasteiger partial charge in [-0.15, -0.1) is 5.10 Å². The second-order valence-corrected chi connectivity index (χ2v) is 14.0. The van der Waals surface area contributed by atoms with Crippen LogP contribution in [0.2, 0.25) is 0 Å². The summed E-state index contributed by atoms with van der Waals surface area (Å²) in [6.45, 7) is 1.46. The molecule has 1 aromatic heterocycles. The largest absolute Gasteiger partial charge is 0.417 e. The molecule has 2 aliphatic rings. The van der Waals surface area contributed by atoms with E-state index in [0.29, 0.717) is 49.0 Å². The minimum Gasteiger partial charge on any atom is -0.368 e. The molecule has 1 aliphatic heterocycles. The van der Waals surface area contributed by atoms with Crippen LogP contribution in [0.15, 0.2) is 59.8 Å². The predicted molar refractivity (Wildman–Crippen MR) is 188 cm³/mol. The average molecular weight is 801 g/mol. The molecule has 2 aromatic carbocycles. The monoisotopic (exact) mass is 800 g/mol. The van der Waals surface area contributed by atoms with Crippen molar-refractivity contribution in [3.8, 4) is 0 Å². The average Bonchev–Trinajstić information content (AvgIpc) is 3.36. The van der Waals surface area contributed by atoms with Crippen molar-refractivity contribution in [1.29, 1.82) is 0 Å². The Balaban J connectivity index is 1.36. The Bertz CT molecular complexity index is 1860. The Kier molecular flexibility index (Phi) is 12.5. The molecule has 4 N–H and O–H groups in total. The minimum absolute atomic E-state index is 0.0328. The van der Waals surface area contributed by atoms with Gasteiger partial charge in [-0.1, -0.05) is 25.0 Å². The molecule has 0 bridgehead atoms. The van der Waals surface area contributed by atoms with Gasteiger partial charge in [0.15, 0.2) is 0 Å². The first kappa shape index (κ1) is 42.1. The number of imide groups is 1. The van der Waals surface area contributed by atoms with E-state index in [1.54, 1.807) is 36.1 Å². The number of benzene rings is 2. The van der Waals surface area contributed by atoms with Crippen molar-refractivity contribution in [2.45, 2.75) is 70.6 Å².